The summed E-state index contributed by atoms with van der Waals surface area (Å²) in [7, 11) is 0. The van der Waals surface area contributed by atoms with Crippen molar-refractivity contribution in [3.8, 4) is 5.75 Å². The Balaban J connectivity index is 1.89. The summed E-state index contributed by atoms with van der Waals surface area (Å²) < 4.78 is 13.0. The van der Waals surface area contributed by atoms with Gasteiger partial charge in [0.2, 0.25) is 0 Å². The van der Waals surface area contributed by atoms with Gasteiger partial charge in [0, 0.05) is 29.3 Å². The molecule has 0 aliphatic carbocycles. The first-order valence-corrected chi connectivity index (χ1v) is 7.69. The Morgan fingerprint density at radius 1 is 1.42 bits per heavy atom. The van der Waals surface area contributed by atoms with Gasteiger partial charge in [-0.2, -0.15) is 0 Å². The van der Waals surface area contributed by atoms with Gasteiger partial charge in [0.05, 0.1) is 18.8 Å². The monoisotopic (exact) mass is 326 g/mol. The first kappa shape index (κ1) is 13.4. The van der Waals surface area contributed by atoms with Crippen LogP contribution in [0.2, 0.25) is 0 Å². The Kier molecular flexibility index (Phi) is 3.58. The summed E-state index contributed by atoms with van der Waals surface area (Å²) in [6, 6.07) is 5.85. The molecule has 0 saturated carbocycles. The summed E-state index contributed by atoms with van der Waals surface area (Å²) in [4.78, 5) is 0. The predicted octanol–water partition coefficient (Wildman–Crippen LogP) is 3.59. The highest BCUT2D eigenvalue weighted by Gasteiger charge is 2.44. The summed E-state index contributed by atoms with van der Waals surface area (Å²) in [5.41, 5.74) is 0.638. The third-order valence-corrected chi connectivity index (χ3v) is 4.68. The number of hydrogen-bond acceptors (Lipinski definition) is 3. The molecule has 19 heavy (non-hydrogen) atoms. The van der Waals surface area contributed by atoms with Crippen LogP contribution in [0.25, 0.3) is 0 Å². The minimum Gasteiger partial charge on any atom is -0.487 e. The molecule has 2 aliphatic rings. The van der Waals surface area contributed by atoms with Crippen LogP contribution >= 0.6 is 15.9 Å². The SMILES string of the molecule is CCC1CC2(CCO1)C[C@H](O)c1cc(Br)ccc1O2. The molecule has 0 bridgehead atoms. The molecule has 0 aromatic heterocycles. The van der Waals surface area contributed by atoms with Crippen molar-refractivity contribution in [1.29, 1.82) is 0 Å². The summed E-state index contributed by atoms with van der Waals surface area (Å²) >= 11 is 3.44. The van der Waals surface area contributed by atoms with Gasteiger partial charge in [-0.3, -0.25) is 0 Å². The van der Waals surface area contributed by atoms with Gasteiger partial charge in [0.1, 0.15) is 11.4 Å². The maximum Gasteiger partial charge on any atom is 0.126 e. The number of halogens is 1. The van der Waals surface area contributed by atoms with Crippen LogP contribution in [0.3, 0.4) is 0 Å². The van der Waals surface area contributed by atoms with Crippen molar-refractivity contribution in [3.63, 3.8) is 0 Å². The van der Waals surface area contributed by atoms with Crippen molar-refractivity contribution in [2.75, 3.05) is 6.61 Å². The molecular formula is C15H19BrO3. The van der Waals surface area contributed by atoms with Crippen LogP contribution in [0.4, 0.5) is 0 Å². The molecule has 1 aromatic rings. The van der Waals surface area contributed by atoms with Crippen molar-refractivity contribution >= 4 is 15.9 Å². The van der Waals surface area contributed by atoms with E-state index in [0.717, 1.165) is 41.7 Å². The molecule has 1 N–H and O–H groups in total. The minimum atomic E-state index is -0.447. The van der Waals surface area contributed by atoms with E-state index in [4.69, 9.17) is 9.47 Å². The minimum absolute atomic E-state index is 0.248. The summed E-state index contributed by atoms with van der Waals surface area (Å²) in [5, 5.41) is 10.4. The largest absolute Gasteiger partial charge is 0.487 e. The van der Waals surface area contributed by atoms with Gasteiger partial charge in [0.15, 0.2) is 0 Å². The van der Waals surface area contributed by atoms with E-state index >= 15 is 0 Å². The second-order valence-electron chi connectivity index (χ2n) is 5.54. The quantitative estimate of drug-likeness (QED) is 0.857. The number of ether oxygens (including phenoxy) is 2. The number of aliphatic hydroxyl groups is 1. The molecule has 2 aliphatic heterocycles. The van der Waals surface area contributed by atoms with Crippen LogP contribution in [-0.4, -0.2) is 23.4 Å². The number of fused-ring (bicyclic) bond motifs is 1. The van der Waals surface area contributed by atoms with E-state index in [1.165, 1.54) is 0 Å². The number of aliphatic hydroxyl groups excluding tert-OH is 1. The Hall–Kier alpha value is -0.580. The first-order chi connectivity index (χ1) is 9.12. The first-order valence-electron chi connectivity index (χ1n) is 6.90. The van der Waals surface area contributed by atoms with Crippen molar-refractivity contribution in [2.45, 2.75) is 50.4 Å². The Bertz CT molecular complexity index is 476. The van der Waals surface area contributed by atoms with E-state index in [1.54, 1.807) is 0 Å². The lowest BCUT2D eigenvalue weighted by molar-refractivity contribution is -0.116. The molecular weight excluding hydrogens is 308 g/mol. The van der Waals surface area contributed by atoms with Crippen molar-refractivity contribution in [1.82, 2.24) is 0 Å². The van der Waals surface area contributed by atoms with Crippen LogP contribution in [0.5, 0.6) is 5.75 Å². The van der Waals surface area contributed by atoms with E-state index in [-0.39, 0.29) is 11.7 Å². The average molecular weight is 327 g/mol. The third-order valence-electron chi connectivity index (χ3n) is 4.19. The molecule has 1 fully saturated rings. The molecule has 0 amide bonds. The van der Waals surface area contributed by atoms with Crippen LogP contribution in [0.15, 0.2) is 22.7 Å². The molecule has 104 valence electrons. The molecule has 1 spiro atoms. The fourth-order valence-electron chi connectivity index (χ4n) is 3.14. The summed E-state index contributed by atoms with van der Waals surface area (Å²) in [6.45, 7) is 2.85. The summed E-state index contributed by atoms with van der Waals surface area (Å²) in [5.74, 6) is 0.818. The molecule has 2 heterocycles. The fraction of sp³-hybridized carbons (Fsp3) is 0.600. The maximum absolute atomic E-state index is 10.4. The second kappa shape index (κ2) is 5.08. The zero-order valence-corrected chi connectivity index (χ0v) is 12.6. The van der Waals surface area contributed by atoms with Gasteiger partial charge in [-0.05, 0) is 24.6 Å². The lowest BCUT2D eigenvalue weighted by Gasteiger charge is -2.45. The molecule has 3 atom stereocenters. The van der Waals surface area contributed by atoms with Crippen molar-refractivity contribution in [2.24, 2.45) is 0 Å². The lowest BCUT2D eigenvalue weighted by atomic mass is 9.80. The van der Waals surface area contributed by atoms with Crippen LogP contribution in [0, 0.1) is 0 Å². The third kappa shape index (κ3) is 2.54. The van der Waals surface area contributed by atoms with Gasteiger partial charge >= 0.3 is 0 Å². The standard InChI is InChI=1S/C15H19BrO3/c1-2-11-8-15(5-6-18-11)9-13(17)12-7-10(16)3-4-14(12)19-15/h3-4,7,11,13,17H,2,5-6,8-9H2,1H3/t11?,13-,15?/m0/s1. The highest BCUT2D eigenvalue weighted by atomic mass is 79.9. The smallest absolute Gasteiger partial charge is 0.126 e. The summed E-state index contributed by atoms with van der Waals surface area (Å²) in [6.07, 6.45) is 3.19. The van der Waals surface area contributed by atoms with E-state index in [2.05, 4.69) is 22.9 Å². The van der Waals surface area contributed by atoms with Gasteiger partial charge in [-0.1, -0.05) is 22.9 Å². The number of benzene rings is 1. The molecule has 3 rings (SSSR count). The average Bonchev–Trinajstić information content (AvgIpc) is 2.40. The zero-order valence-electron chi connectivity index (χ0n) is 11.1. The Labute approximate surface area is 122 Å². The maximum atomic E-state index is 10.4. The molecule has 0 radical (unpaired) electrons. The Morgan fingerprint density at radius 2 is 2.26 bits per heavy atom. The van der Waals surface area contributed by atoms with Crippen LogP contribution in [0.1, 0.15) is 44.3 Å². The Morgan fingerprint density at radius 3 is 3.05 bits per heavy atom. The molecule has 2 unspecified atom stereocenters. The van der Waals surface area contributed by atoms with Crippen LogP contribution in [-0.2, 0) is 4.74 Å². The topological polar surface area (TPSA) is 38.7 Å². The predicted molar refractivity (Wildman–Crippen MR) is 76.3 cm³/mol. The van der Waals surface area contributed by atoms with Gasteiger partial charge in [-0.25, -0.2) is 0 Å². The fourth-order valence-corrected chi connectivity index (χ4v) is 3.52. The van der Waals surface area contributed by atoms with Crippen LogP contribution < -0.4 is 4.74 Å². The number of rotatable bonds is 1. The molecule has 3 nitrogen and oxygen atoms in total. The highest BCUT2D eigenvalue weighted by Crippen LogP contribution is 2.45. The lowest BCUT2D eigenvalue weighted by Crippen LogP contribution is -2.48. The second-order valence-corrected chi connectivity index (χ2v) is 6.46. The van der Waals surface area contributed by atoms with Gasteiger partial charge in [-0.15, -0.1) is 0 Å². The molecule has 4 heteroatoms. The van der Waals surface area contributed by atoms with Gasteiger partial charge < -0.3 is 14.6 Å². The van der Waals surface area contributed by atoms with E-state index < -0.39 is 6.10 Å². The normalized spacial score (nSPS) is 33.8. The van der Waals surface area contributed by atoms with E-state index in [9.17, 15) is 5.11 Å². The van der Waals surface area contributed by atoms with E-state index in [0.29, 0.717) is 6.42 Å². The van der Waals surface area contributed by atoms with Gasteiger partial charge in [0.25, 0.3) is 0 Å². The van der Waals surface area contributed by atoms with E-state index in [1.807, 2.05) is 18.2 Å². The number of hydrogen-bond donors (Lipinski definition) is 1. The zero-order chi connectivity index (χ0) is 13.5. The van der Waals surface area contributed by atoms with Crippen molar-refractivity contribution in [3.05, 3.63) is 28.2 Å². The molecule has 1 aromatic carbocycles. The highest BCUT2D eigenvalue weighted by molar-refractivity contribution is 9.10. The molecule has 1 saturated heterocycles. The van der Waals surface area contributed by atoms with Crippen molar-refractivity contribution < 1.29 is 14.6 Å².